The van der Waals surface area contributed by atoms with E-state index in [0.29, 0.717) is 23.3 Å². The van der Waals surface area contributed by atoms with Crippen LogP contribution in [0.1, 0.15) is 42.9 Å². The second-order valence-electron chi connectivity index (χ2n) is 8.49. The summed E-state index contributed by atoms with van der Waals surface area (Å²) in [6.07, 6.45) is 2.81. The Morgan fingerprint density at radius 2 is 1.75 bits per heavy atom. The van der Waals surface area contributed by atoms with Crippen molar-refractivity contribution in [1.29, 1.82) is 0 Å². The van der Waals surface area contributed by atoms with Crippen LogP contribution in [0.4, 0.5) is 10.8 Å². The monoisotopic (exact) mass is 455 g/mol. The fourth-order valence-electron chi connectivity index (χ4n) is 4.38. The Labute approximate surface area is 190 Å². The highest BCUT2D eigenvalue weighted by atomic mass is 32.1. The Bertz CT molecular complexity index is 1270. The first-order valence-electron chi connectivity index (χ1n) is 11.1. The van der Waals surface area contributed by atoms with E-state index in [4.69, 9.17) is 0 Å². The molecule has 0 bridgehead atoms. The average molecular weight is 456 g/mol. The molecule has 32 heavy (non-hydrogen) atoms. The van der Waals surface area contributed by atoms with Gasteiger partial charge >= 0.3 is 5.69 Å². The summed E-state index contributed by atoms with van der Waals surface area (Å²) in [7, 11) is 0. The van der Waals surface area contributed by atoms with Crippen LogP contribution in [0.2, 0.25) is 0 Å². The van der Waals surface area contributed by atoms with E-state index >= 15 is 0 Å². The highest BCUT2D eigenvalue weighted by Crippen LogP contribution is 2.28. The number of thiazole rings is 1. The van der Waals surface area contributed by atoms with Gasteiger partial charge < -0.3 is 10.2 Å². The number of aromatic nitrogens is 3. The minimum atomic E-state index is -0.491. The van der Waals surface area contributed by atoms with Gasteiger partial charge in [0.1, 0.15) is 11.2 Å². The molecule has 1 aliphatic heterocycles. The Morgan fingerprint density at radius 1 is 1.09 bits per heavy atom. The summed E-state index contributed by atoms with van der Waals surface area (Å²) in [6, 6.07) is 4.02. The number of anilines is 2. The third-order valence-electron chi connectivity index (χ3n) is 5.82. The smallest absolute Gasteiger partial charge is 0.333 e. The summed E-state index contributed by atoms with van der Waals surface area (Å²) in [5.41, 5.74) is 3.30. The maximum absolute atomic E-state index is 13.2. The molecular formula is C23H29N5O3S. The third kappa shape index (κ3) is 4.09. The van der Waals surface area contributed by atoms with Gasteiger partial charge in [0, 0.05) is 25.3 Å². The van der Waals surface area contributed by atoms with Crippen LogP contribution < -0.4 is 21.5 Å². The second kappa shape index (κ2) is 8.90. The maximum Gasteiger partial charge on any atom is 0.333 e. The van der Waals surface area contributed by atoms with Crippen LogP contribution in [0.5, 0.6) is 0 Å². The maximum atomic E-state index is 13.2. The summed E-state index contributed by atoms with van der Waals surface area (Å²) in [5, 5.41) is 3.69. The number of benzene rings is 1. The van der Waals surface area contributed by atoms with E-state index in [-0.39, 0.29) is 18.0 Å². The van der Waals surface area contributed by atoms with Crippen molar-refractivity contribution in [2.45, 2.75) is 60.0 Å². The van der Waals surface area contributed by atoms with Crippen LogP contribution in [0.3, 0.4) is 0 Å². The number of carbonyl (C=O) groups excluding carboxylic acids is 1. The van der Waals surface area contributed by atoms with Crippen molar-refractivity contribution in [2.75, 3.05) is 23.3 Å². The molecule has 4 rings (SSSR count). The zero-order valence-corrected chi connectivity index (χ0v) is 19.8. The third-order valence-corrected chi connectivity index (χ3v) is 6.92. The van der Waals surface area contributed by atoms with E-state index < -0.39 is 5.69 Å². The SMILES string of the molecule is CCCn1c(=O)c2sc(N3CCCC3)nc2n(CC(=O)Nc2c(C)cc(C)cc2C)c1=O. The zero-order chi connectivity index (χ0) is 23.0. The molecule has 170 valence electrons. The van der Waals surface area contributed by atoms with E-state index in [1.54, 1.807) is 0 Å². The number of carbonyl (C=O) groups is 1. The van der Waals surface area contributed by atoms with Crippen LogP contribution in [0, 0.1) is 20.8 Å². The van der Waals surface area contributed by atoms with Crippen LogP contribution in [-0.2, 0) is 17.9 Å². The van der Waals surface area contributed by atoms with E-state index in [2.05, 4.69) is 15.2 Å². The summed E-state index contributed by atoms with van der Waals surface area (Å²) in [4.78, 5) is 46.0. The van der Waals surface area contributed by atoms with E-state index in [0.717, 1.165) is 53.4 Å². The Kier molecular flexibility index (Phi) is 6.19. The lowest BCUT2D eigenvalue weighted by atomic mass is 10.1. The van der Waals surface area contributed by atoms with Crippen molar-refractivity contribution >= 4 is 38.4 Å². The largest absolute Gasteiger partial charge is 0.348 e. The summed E-state index contributed by atoms with van der Waals surface area (Å²) < 4.78 is 3.00. The number of hydrogen-bond acceptors (Lipinski definition) is 6. The molecule has 1 N–H and O–H groups in total. The molecule has 1 aromatic carbocycles. The Balaban J connectivity index is 1.76. The molecule has 0 unspecified atom stereocenters. The molecular weight excluding hydrogens is 426 g/mol. The van der Waals surface area contributed by atoms with Crippen LogP contribution >= 0.6 is 11.3 Å². The van der Waals surface area contributed by atoms with Gasteiger partial charge in [0.05, 0.1) is 0 Å². The van der Waals surface area contributed by atoms with Gasteiger partial charge in [0.2, 0.25) is 5.91 Å². The van der Waals surface area contributed by atoms with E-state index in [9.17, 15) is 14.4 Å². The highest BCUT2D eigenvalue weighted by molar-refractivity contribution is 7.22. The van der Waals surface area contributed by atoms with Gasteiger partial charge in [-0.15, -0.1) is 0 Å². The number of hydrogen-bond donors (Lipinski definition) is 1. The van der Waals surface area contributed by atoms with Gasteiger partial charge in [0.15, 0.2) is 10.8 Å². The molecule has 0 saturated carbocycles. The fourth-order valence-corrected chi connectivity index (χ4v) is 5.45. The fraction of sp³-hybridized carbons (Fsp3) is 0.478. The zero-order valence-electron chi connectivity index (χ0n) is 19.0. The van der Waals surface area contributed by atoms with Crippen molar-refractivity contribution in [3.63, 3.8) is 0 Å². The molecule has 8 nitrogen and oxygen atoms in total. The van der Waals surface area contributed by atoms with Crippen LogP contribution in [-0.4, -0.2) is 33.1 Å². The van der Waals surface area contributed by atoms with Gasteiger partial charge in [0.25, 0.3) is 5.56 Å². The molecule has 3 aromatic rings. The first-order chi connectivity index (χ1) is 15.3. The lowest BCUT2D eigenvalue weighted by Gasteiger charge is -2.14. The predicted molar refractivity (Wildman–Crippen MR) is 129 cm³/mol. The summed E-state index contributed by atoms with van der Waals surface area (Å²) >= 11 is 1.31. The molecule has 0 aliphatic carbocycles. The molecule has 0 radical (unpaired) electrons. The van der Waals surface area contributed by atoms with E-state index in [1.165, 1.54) is 20.5 Å². The summed E-state index contributed by atoms with van der Waals surface area (Å²) in [5.74, 6) is -0.319. The van der Waals surface area contributed by atoms with Gasteiger partial charge in [-0.2, -0.15) is 0 Å². The Morgan fingerprint density at radius 3 is 2.38 bits per heavy atom. The minimum absolute atomic E-state index is 0.199. The quantitative estimate of drug-likeness (QED) is 0.617. The highest BCUT2D eigenvalue weighted by Gasteiger charge is 2.23. The van der Waals surface area contributed by atoms with Gasteiger partial charge in [-0.3, -0.25) is 18.7 Å². The number of aryl methyl sites for hydroxylation is 3. The molecule has 9 heteroatoms. The normalized spacial score (nSPS) is 13.8. The molecule has 0 atom stereocenters. The van der Waals surface area contributed by atoms with Crippen LogP contribution in [0.15, 0.2) is 21.7 Å². The lowest BCUT2D eigenvalue weighted by Crippen LogP contribution is -2.41. The molecule has 2 aromatic heterocycles. The van der Waals surface area contributed by atoms with Gasteiger partial charge in [-0.05, 0) is 51.2 Å². The molecule has 3 heterocycles. The summed E-state index contributed by atoms with van der Waals surface area (Å²) in [6.45, 7) is 9.71. The molecule has 1 aliphatic rings. The topological polar surface area (TPSA) is 89.2 Å². The minimum Gasteiger partial charge on any atom is -0.348 e. The number of amides is 1. The van der Waals surface area contributed by atoms with Crippen molar-refractivity contribution in [3.8, 4) is 0 Å². The number of fused-ring (bicyclic) bond motifs is 1. The molecule has 1 saturated heterocycles. The second-order valence-corrected chi connectivity index (χ2v) is 9.47. The van der Waals surface area contributed by atoms with Crippen molar-refractivity contribution < 1.29 is 4.79 Å². The molecule has 1 fully saturated rings. The average Bonchev–Trinajstić information content (AvgIpc) is 3.41. The lowest BCUT2D eigenvalue weighted by molar-refractivity contribution is -0.116. The standard InChI is InChI=1S/C23H29N5O3S/c1-5-8-27-21(30)19-20(25-22(32-19)26-9-6-7-10-26)28(23(27)31)13-17(29)24-18-15(3)11-14(2)12-16(18)4/h11-12H,5-10,13H2,1-4H3,(H,24,29). The van der Waals surface area contributed by atoms with Gasteiger partial charge in [-0.25, -0.2) is 9.78 Å². The number of rotatable bonds is 6. The number of nitrogens with zero attached hydrogens (tertiary/aromatic N) is 4. The number of nitrogens with one attached hydrogen (secondary N) is 1. The van der Waals surface area contributed by atoms with Crippen molar-refractivity contribution in [2.24, 2.45) is 0 Å². The first-order valence-corrected chi connectivity index (χ1v) is 11.9. The van der Waals surface area contributed by atoms with Crippen LogP contribution in [0.25, 0.3) is 10.3 Å². The first kappa shape index (κ1) is 22.3. The van der Waals surface area contributed by atoms with Gasteiger partial charge in [-0.1, -0.05) is 36.0 Å². The van der Waals surface area contributed by atoms with E-state index in [1.807, 2.05) is 39.8 Å². The van der Waals surface area contributed by atoms with Crippen molar-refractivity contribution in [1.82, 2.24) is 14.1 Å². The predicted octanol–water partition coefficient (Wildman–Crippen LogP) is 3.19. The van der Waals surface area contributed by atoms with Crippen molar-refractivity contribution in [3.05, 3.63) is 49.7 Å². The Hall–Kier alpha value is -2.94. The molecule has 0 spiro atoms. The molecule has 1 amide bonds.